The Morgan fingerprint density at radius 2 is 2.09 bits per heavy atom. The molecule has 3 aliphatic heterocycles. The number of fused-ring (bicyclic) bond motifs is 1. The minimum Gasteiger partial charge on any atom is -0.457 e. The Balaban J connectivity index is 1.16. The summed E-state index contributed by atoms with van der Waals surface area (Å²) in [5.74, 6) is 0.419. The van der Waals surface area contributed by atoms with Crippen LogP contribution in [0.2, 0.25) is 0 Å². The van der Waals surface area contributed by atoms with Crippen LogP contribution in [-0.2, 0) is 22.6 Å². The Kier molecular flexibility index (Phi) is 5.46. The highest BCUT2D eigenvalue weighted by Crippen LogP contribution is 2.30. The zero-order chi connectivity index (χ0) is 23.9. The summed E-state index contributed by atoms with van der Waals surface area (Å²) < 4.78 is 12.0. The third kappa shape index (κ3) is 4.04. The number of piperazine rings is 1. The number of benzene rings is 1. The van der Waals surface area contributed by atoms with E-state index in [2.05, 4.69) is 33.3 Å². The first-order chi connectivity index (χ1) is 17.1. The van der Waals surface area contributed by atoms with Crippen molar-refractivity contribution in [2.75, 3.05) is 37.7 Å². The first-order valence-electron chi connectivity index (χ1n) is 11.8. The number of nitrogens with one attached hydrogen (secondary N) is 1. The van der Waals surface area contributed by atoms with Crippen LogP contribution in [0.3, 0.4) is 0 Å². The van der Waals surface area contributed by atoms with E-state index in [1.165, 1.54) is 5.56 Å². The minimum atomic E-state index is -0.339. The normalized spacial score (nSPS) is 20.1. The molecule has 1 atom stereocenters. The molecule has 3 aliphatic rings. The molecule has 1 N–H and O–H groups in total. The largest absolute Gasteiger partial charge is 0.457 e. The number of esters is 1. The summed E-state index contributed by atoms with van der Waals surface area (Å²) in [4.78, 5) is 32.2. The molecule has 0 saturated carbocycles. The summed E-state index contributed by atoms with van der Waals surface area (Å²) in [6, 6.07) is 7.76. The van der Waals surface area contributed by atoms with E-state index >= 15 is 0 Å². The molecule has 2 aromatic heterocycles. The molecule has 2 saturated heterocycles. The third-order valence-electron chi connectivity index (χ3n) is 6.92. The van der Waals surface area contributed by atoms with Gasteiger partial charge >= 0.3 is 12.1 Å². The topological polar surface area (TPSA) is 102 Å². The van der Waals surface area contributed by atoms with Crippen LogP contribution < -0.4 is 10.2 Å². The van der Waals surface area contributed by atoms with Crippen LogP contribution in [0.5, 0.6) is 0 Å². The van der Waals surface area contributed by atoms with Crippen molar-refractivity contribution in [1.29, 1.82) is 0 Å². The number of hydrogen-bond acceptors (Lipinski definition) is 8. The summed E-state index contributed by atoms with van der Waals surface area (Å²) in [6.07, 6.45) is 5.18. The second-order valence-corrected chi connectivity index (χ2v) is 9.06. The smallest absolute Gasteiger partial charge is 0.414 e. The van der Waals surface area contributed by atoms with Gasteiger partial charge < -0.3 is 14.8 Å². The molecular weight excluding hydrogens is 448 g/mol. The van der Waals surface area contributed by atoms with Gasteiger partial charge in [-0.05, 0) is 30.2 Å². The Morgan fingerprint density at radius 1 is 1.17 bits per heavy atom. The molecule has 10 nitrogen and oxygen atoms in total. The average Bonchev–Trinajstić information content (AvgIpc) is 3.61. The summed E-state index contributed by atoms with van der Waals surface area (Å²) >= 11 is 0. The van der Waals surface area contributed by atoms with Gasteiger partial charge in [0.15, 0.2) is 5.82 Å². The standard InChI is InChI=1S/C25H26N6O4/c1-16-19(2-3-20-21(16)15-35-24(20)32)22-14-29(7-6-26-22)12-17-11-28-31(13-17)23-10-18(4-5-27-23)30-8-9-34-25(30)33/h2-5,10-11,13,22,26H,6-9,12,14-15H2,1H3/t22-/m0/s1. The lowest BCUT2D eigenvalue weighted by atomic mass is 9.93. The molecule has 1 amide bonds. The molecule has 35 heavy (non-hydrogen) atoms. The number of pyridine rings is 1. The zero-order valence-corrected chi connectivity index (χ0v) is 19.4. The van der Waals surface area contributed by atoms with E-state index in [1.54, 1.807) is 21.8 Å². The van der Waals surface area contributed by atoms with Crippen molar-refractivity contribution < 1.29 is 19.1 Å². The first-order valence-corrected chi connectivity index (χ1v) is 11.8. The summed E-state index contributed by atoms with van der Waals surface area (Å²) in [5, 5.41) is 8.13. The Hall–Kier alpha value is -3.76. The van der Waals surface area contributed by atoms with Gasteiger partial charge in [0.25, 0.3) is 0 Å². The second kappa shape index (κ2) is 8.79. The van der Waals surface area contributed by atoms with Gasteiger partial charge in [0, 0.05) is 61.8 Å². The van der Waals surface area contributed by atoms with Crippen molar-refractivity contribution in [2.45, 2.75) is 26.1 Å². The Morgan fingerprint density at radius 3 is 2.94 bits per heavy atom. The highest BCUT2D eigenvalue weighted by molar-refractivity contribution is 5.94. The van der Waals surface area contributed by atoms with Crippen LogP contribution in [0.1, 0.15) is 38.7 Å². The fraction of sp³-hybridized carbons (Fsp3) is 0.360. The molecule has 6 rings (SSSR count). The van der Waals surface area contributed by atoms with Crippen LogP contribution in [0.15, 0.2) is 42.9 Å². The number of hydrogen-bond donors (Lipinski definition) is 1. The molecule has 10 heteroatoms. The number of cyclic esters (lactones) is 2. The van der Waals surface area contributed by atoms with Crippen molar-refractivity contribution in [1.82, 2.24) is 25.0 Å². The molecule has 5 heterocycles. The van der Waals surface area contributed by atoms with Gasteiger partial charge in [0.05, 0.1) is 24.0 Å². The summed E-state index contributed by atoms with van der Waals surface area (Å²) in [5.41, 5.74) is 5.87. The van der Waals surface area contributed by atoms with E-state index in [-0.39, 0.29) is 18.1 Å². The van der Waals surface area contributed by atoms with Crippen LogP contribution in [0.25, 0.3) is 5.82 Å². The van der Waals surface area contributed by atoms with Gasteiger partial charge in [-0.3, -0.25) is 9.80 Å². The highest BCUT2D eigenvalue weighted by Gasteiger charge is 2.28. The predicted molar refractivity (Wildman–Crippen MR) is 126 cm³/mol. The van der Waals surface area contributed by atoms with Crippen LogP contribution >= 0.6 is 0 Å². The van der Waals surface area contributed by atoms with Gasteiger partial charge in [-0.2, -0.15) is 5.10 Å². The number of amides is 1. The van der Waals surface area contributed by atoms with Crippen molar-refractivity contribution in [3.8, 4) is 5.82 Å². The van der Waals surface area contributed by atoms with Gasteiger partial charge in [0.1, 0.15) is 13.2 Å². The van der Waals surface area contributed by atoms with Crippen molar-refractivity contribution in [3.05, 3.63) is 70.7 Å². The number of rotatable bonds is 5. The molecule has 0 radical (unpaired) electrons. The third-order valence-corrected chi connectivity index (χ3v) is 6.92. The summed E-state index contributed by atoms with van der Waals surface area (Å²) in [7, 11) is 0. The molecule has 180 valence electrons. The van der Waals surface area contributed by atoms with Crippen molar-refractivity contribution >= 4 is 17.7 Å². The monoisotopic (exact) mass is 474 g/mol. The van der Waals surface area contributed by atoms with E-state index < -0.39 is 0 Å². The molecule has 1 aromatic carbocycles. The van der Waals surface area contributed by atoms with Crippen molar-refractivity contribution in [2.24, 2.45) is 0 Å². The SMILES string of the molecule is Cc1c([C@@H]2CN(Cc3cnn(-c4cc(N5CCOC5=O)ccn4)c3)CCN2)ccc2c1COC2=O. The van der Waals surface area contributed by atoms with Crippen LogP contribution in [0, 0.1) is 6.92 Å². The predicted octanol–water partition coefficient (Wildman–Crippen LogP) is 2.35. The maximum absolute atomic E-state index is 11.9. The molecule has 0 spiro atoms. The molecule has 0 unspecified atom stereocenters. The zero-order valence-electron chi connectivity index (χ0n) is 19.4. The van der Waals surface area contributed by atoms with Crippen LogP contribution in [-0.4, -0.2) is 64.5 Å². The number of carbonyl (C=O) groups excluding carboxylic acids is 2. The fourth-order valence-electron chi connectivity index (χ4n) is 5.06. The molecule has 0 aliphatic carbocycles. The molecule has 0 bridgehead atoms. The molecular formula is C25H26N6O4. The highest BCUT2D eigenvalue weighted by atomic mass is 16.6. The first kappa shape index (κ1) is 21.8. The van der Waals surface area contributed by atoms with E-state index in [0.717, 1.165) is 48.6 Å². The average molecular weight is 475 g/mol. The van der Waals surface area contributed by atoms with E-state index in [9.17, 15) is 9.59 Å². The lowest BCUT2D eigenvalue weighted by Gasteiger charge is -2.34. The number of anilines is 1. The second-order valence-electron chi connectivity index (χ2n) is 9.06. The van der Waals surface area contributed by atoms with E-state index in [1.807, 2.05) is 24.5 Å². The fourth-order valence-corrected chi connectivity index (χ4v) is 5.06. The maximum atomic E-state index is 11.9. The van der Waals surface area contributed by atoms with Crippen molar-refractivity contribution in [3.63, 3.8) is 0 Å². The number of carbonyl (C=O) groups is 2. The Bertz CT molecular complexity index is 1300. The van der Waals surface area contributed by atoms with E-state index in [4.69, 9.17) is 9.47 Å². The quantitative estimate of drug-likeness (QED) is 0.563. The van der Waals surface area contributed by atoms with Gasteiger partial charge in [-0.1, -0.05) is 6.07 Å². The van der Waals surface area contributed by atoms with Gasteiger partial charge in [-0.15, -0.1) is 0 Å². The van der Waals surface area contributed by atoms with E-state index in [0.29, 0.717) is 31.1 Å². The van der Waals surface area contributed by atoms with Crippen LogP contribution in [0.4, 0.5) is 10.5 Å². The lowest BCUT2D eigenvalue weighted by Crippen LogP contribution is -2.45. The van der Waals surface area contributed by atoms with Gasteiger partial charge in [-0.25, -0.2) is 19.3 Å². The Labute approximate surface area is 202 Å². The molecule has 3 aromatic rings. The van der Waals surface area contributed by atoms with Gasteiger partial charge in [0.2, 0.25) is 0 Å². The number of aromatic nitrogens is 3. The molecule has 2 fully saturated rings. The summed E-state index contributed by atoms with van der Waals surface area (Å²) in [6.45, 7) is 6.78. The maximum Gasteiger partial charge on any atom is 0.414 e. The minimum absolute atomic E-state index is 0.179. The number of nitrogens with zero attached hydrogens (tertiary/aromatic N) is 5. The number of ether oxygens (including phenoxy) is 2. The lowest BCUT2D eigenvalue weighted by molar-refractivity contribution is 0.0535.